The molecule has 2 aliphatic carbocycles. The standard InChI is InChI=1S/C14H18N4O2/c15-13(19)9-4-1-2-6-10(9)16-14(20)12-8-5-3-7-11(8)17-18-12/h1-2,9-10H,3-7H2,(H2,15,19)(H,16,20)(H,17,18)/t9-,10-/m1/s1. The Bertz CT molecular complexity index is 576. The third-order valence-corrected chi connectivity index (χ3v) is 4.14. The molecule has 0 bridgehead atoms. The molecule has 1 aromatic rings. The fourth-order valence-electron chi connectivity index (χ4n) is 3.03. The molecule has 4 N–H and O–H groups in total. The fourth-order valence-corrected chi connectivity index (χ4v) is 3.03. The molecule has 0 aliphatic heterocycles. The summed E-state index contributed by atoms with van der Waals surface area (Å²) >= 11 is 0. The maximum Gasteiger partial charge on any atom is 0.272 e. The van der Waals surface area contributed by atoms with Crippen molar-refractivity contribution >= 4 is 11.8 Å². The number of aromatic amines is 1. The number of carbonyl (C=O) groups excluding carboxylic acids is 2. The molecule has 0 saturated carbocycles. The molecule has 0 radical (unpaired) electrons. The first-order valence-electron chi connectivity index (χ1n) is 6.98. The summed E-state index contributed by atoms with van der Waals surface area (Å²) in [4.78, 5) is 23.8. The number of rotatable bonds is 3. The van der Waals surface area contributed by atoms with Crippen molar-refractivity contribution in [3.63, 3.8) is 0 Å². The van der Waals surface area contributed by atoms with Crippen molar-refractivity contribution in [2.75, 3.05) is 0 Å². The number of nitrogens with two attached hydrogens (primary N) is 1. The lowest BCUT2D eigenvalue weighted by molar-refractivity contribution is -0.122. The molecule has 0 aromatic carbocycles. The number of nitrogens with zero attached hydrogens (tertiary/aromatic N) is 1. The zero-order valence-electron chi connectivity index (χ0n) is 11.2. The van der Waals surface area contributed by atoms with Crippen LogP contribution in [0.25, 0.3) is 0 Å². The molecule has 6 nitrogen and oxygen atoms in total. The quantitative estimate of drug-likeness (QED) is 0.697. The van der Waals surface area contributed by atoms with E-state index in [1.165, 1.54) is 0 Å². The van der Waals surface area contributed by atoms with E-state index in [-0.39, 0.29) is 23.8 Å². The molecule has 3 rings (SSSR count). The van der Waals surface area contributed by atoms with Crippen LogP contribution in [0, 0.1) is 5.92 Å². The smallest absolute Gasteiger partial charge is 0.272 e. The molecule has 0 saturated heterocycles. The number of amides is 2. The Balaban J connectivity index is 1.75. The number of primary amides is 1. The topological polar surface area (TPSA) is 101 Å². The Hall–Kier alpha value is -2.11. The number of fused-ring (bicyclic) bond motifs is 1. The first-order valence-corrected chi connectivity index (χ1v) is 6.98. The van der Waals surface area contributed by atoms with Crippen molar-refractivity contribution in [1.29, 1.82) is 0 Å². The van der Waals surface area contributed by atoms with Crippen LogP contribution < -0.4 is 11.1 Å². The largest absolute Gasteiger partial charge is 0.369 e. The van der Waals surface area contributed by atoms with Crippen molar-refractivity contribution < 1.29 is 9.59 Å². The zero-order chi connectivity index (χ0) is 14.1. The van der Waals surface area contributed by atoms with E-state index < -0.39 is 0 Å². The monoisotopic (exact) mass is 274 g/mol. The van der Waals surface area contributed by atoms with E-state index in [4.69, 9.17) is 5.73 Å². The molecule has 20 heavy (non-hydrogen) atoms. The van der Waals surface area contributed by atoms with Crippen LogP contribution in [-0.2, 0) is 17.6 Å². The summed E-state index contributed by atoms with van der Waals surface area (Å²) < 4.78 is 0. The lowest BCUT2D eigenvalue weighted by atomic mass is 9.88. The molecule has 0 spiro atoms. The van der Waals surface area contributed by atoms with Gasteiger partial charge in [0.15, 0.2) is 5.69 Å². The van der Waals surface area contributed by atoms with Crippen molar-refractivity contribution in [3.05, 3.63) is 29.1 Å². The second-order valence-electron chi connectivity index (χ2n) is 5.41. The van der Waals surface area contributed by atoms with E-state index in [0.717, 1.165) is 30.5 Å². The number of hydrogen-bond acceptors (Lipinski definition) is 3. The summed E-state index contributed by atoms with van der Waals surface area (Å²) in [7, 11) is 0. The molecular weight excluding hydrogens is 256 g/mol. The Morgan fingerprint density at radius 3 is 2.90 bits per heavy atom. The highest BCUT2D eigenvalue weighted by atomic mass is 16.2. The van der Waals surface area contributed by atoms with Crippen LogP contribution in [0.15, 0.2) is 12.2 Å². The minimum absolute atomic E-state index is 0.212. The average molecular weight is 274 g/mol. The first kappa shape index (κ1) is 12.9. The molecule has 6 heteroatoms. The number of allylic oxidation sites excluding steroid dienone is 1. The number of carbonyl (C=O) groups is 2. The summed E-state index contributed by atoms with van der Waals surface area (Å²) in [5.74, 6) is -0.918. The Morgan fingerprint density at radius 2 is 2.10 bits per heavy atom. The second kappa shape index (κ2) is 5.11. The maximum absolute atomic E-state index is 12.3. The van der Waals surface area contributed by atoms with Gasteiger partial charge >= 0.3 is 0 Å². The van der Waals surface area contributed by atoms with E-state index in [0.29, 0.717) is 18.5 Å². The third-order valence-electron chi connectivity index (χ3n) is 4.14. The lowest BCUT2D eigenvalue weighted by Crippen LogP contribution is -2.46. The third kappa shape index (κ3) is 2.21. The van der Waals surface area contributed by atoms with E-state index in [1.54, 1.807) is 0 Å². The van der Waals surface area contributed by atoms with Gasteiger partial charge in [0.25, 0.3) is 5.91 Å². The van der Waals surface area contributed by atoms with Crippen molar-refractivity contribution in [2.45, 2.75) is 38.1 Å². The van der Waals surface area contributed by atoms with Crippen LogP contribution in [0.5, 0.6) is 0 Å². The number of aryl methyl sites for hydroxylation is 1. The van der Waals surface area contributed by atoms with E-state index in [1.807, 2.05) is 12.2 Å². The maximum atomic E-state index is 12.3. The first-order chi connectivity index (χ1) is 9.66. The van der Waals surface area contributed by atoms with Gasteiger partial charge < -0.3 is 11.1 Å². The molecular formula is C14H18N4O2. The van der Waals surface area contributed by atoms with Crippen LogP contribution in [0.1, 0.15) is 41.0 Å². The van der Waals surface area contributed by atoms with Gasteiger partial charge in [0, 0.05) is 17.3 Å². The number of nitrogens with one attached hydrogen (secondary N) is 2. The van der Waals surface area contributed by atoms with Crippen LogP contribution in [0.4, 0.5) is 0 Å². The summed E-state index contributed by atoms with van der Waals surface area (Å²) in [6.07, 6.45) is 8.01. The van der Waals surface area contributed by atoms with Gasteiger partial charge in [-0.15, -0.1) is 0 Å². The van der Waals surface area contributed by atoms with Crippen LogP contribution in [0.2, 0.25) is 0 Å². The van der Waals surface area contributed by atoms with Gasteiger partial charge in [-0.3, -0.25) is 14.7 Å². The average Bonchev–Trinajstić information content (AvgIpc) is 3.01. The van der Waals surface area contributed by atoms with Gasteiger partial charge in [-0.25, -0.2) is 0 Å². The van der Waals surface area contributed by atoms with Crippen molar-refractivity contribution in [1.82, 2.24) is 15.5 Å². The minimum Gasteiger partial charge on any atom is -0.369 e. The molecule has 2 aliphatic rings. The Labute approximate surface area is 116 Å². The Kier molecular flexibility index (Phi) is 3.30. The summed E-state index contributed by atoms with van der Waals surface area (Å²) in [5.41, 5.74) is 7.94. The van der Waals surface area contributed by atoms with Gasteiger partial charge in [0.1, 0.15) is 0 Å². The van der Waals surface area contributed by atoms with Crippen LogP contribution in [0.3, 0.4) is 0 Å². The van der Waals surface area contributed by atoms with Crippen LogP contribution in [-0.4, -0.2) is 28.1 Å². The van der Waals surface area contributed by atoms with Crippen LogP contribution >= 0.6 is 0 Å². The molecule has 2 atom stereocenters. The molecule has 0 fully saturated rings. The molecule has 0 unspecified atom stereocenters. The molecule has 2 amide bonds. The summed E-state index contributed by atoms with van der Waals surface area (Å²) in [6, 6.07) is -0.237. The second-order valence-corrected chi connectivity index (χ2v) is 5.41. The highest BCUT2D eigenvalue weighted by Gasteiger charge is 2.30. The lowest BCUT2D eigenvalue weighted by Gasteiger charge is -2.26. The van der Waals surface area contributed by atoms with Gasteiger partial charge in [0.05, 0.1) is 5.92 Å². The van der Waals surface area contributed by atoms with Gasteiger partial charge in [-0.05, 0) is 32.1 Å². The minimum atomic E-state index is -0.369. The Morgan fingerprint density at radius 1 is 1.30 bits per heavy atom. The highest BCUT2D eigenvalue weighted by Crippen LogP contribution is 2.24. The van der Waals surface area contributed by atoms with E-state index in [9.17, 15) is 9.59 Å². The number of H-pyrrole nitrogens is 1. The zero-order valence-corrected chi connectivity index (χ0v) is 11.2. The number of hydrogen-bond donors (Lipinski definition) is 3. The van der Waals surface area contributed by atoms with Gasteiger partial charge in [-0.1, -0.05) is 12.2 Å². The normalized spacial score (nSPS) is 24.4. The predicted octanol–water partition coefficient (Wildman–Crippen LogP) is 0.448. The highest BCUT2D eigenvalue weighted by molar-refractivity contribution is 5.94. The van der Waals surface area contributed by atoms with E-state index >= 15 is 0 Å². The van der Waals surface area contributed by atoms with Gasteiger partial charge in [0.2, 0.25) is 5.91 Å². The van der Waals surface area contributed by atoms with Crippen molar-refractivity contribution in [2.24, 2.45) is 11.7 Å². The summed E-state index contributed by atoms with van der Waals surface area (Å²) in [5, 5.41) is 9.93. The summed E-state index contributed by atoms with van der Waals surface area (Å²) in [6.45, 7) is 0. The molecule has 106 valence electrons. The van der Waals surface area contributed by atoms with E-state index in [2.05, 4.69) is 15.5 Å². The molecule has 1 heterocycles. The SMILES string of the molecule is NC(=O)[C@@H]1CC=CC[C@H]1NC(=O)c1n[nH]c2c1CCC2. The molecule has 1 aromatic heterocycles. The van der Waals surface area contributed by atoms with Crippen molar-refractivity contribution in [3.8, 4) is 0 Å². The predicted molar refractivity (Wildman–Crippen MR) is 72.9 cm³/mol. The van der Waals surface area contributed by atoms with Gasteiger partial charge in [-0.2, -0.15) is 5.10 Å². The fraction of sp³-hybridized carbons (Fsp3) is 0.500. The number of aromatic nitrogens is 2.